The summed E-state index contributed by atoms with van der Waals surface area (Å²) in [6.45, 7) is 2.63. The summed E-state index contributed by atoms with van der Waals surface area (Å²) in [5, 5.41) is 10.9. The molecule has 1 aromatic carbocycles. The van der Waals surface area contributed by atoms with Gasteiger partial charge < -0.3 is 15.5 Å². The Morgan fingerprint density at radius 1 is 1.38 bits per heavy atom. The first-order chi connectivity index (χ1) is 11.4. The van der Waals surface area contributed by atoms with Gasteiger partial charge in [-0.25, -0.2) is 4.98 Å². The monoisotopic (exact) mass is 385 g/mol. The van der Waals surface area contributed by atoms with E-state index in [0.29, 0.717) is 22.5 Å². The molecular weight excluding hydrogens is 365 g/mol. The van der Waals surface area contributed by atoms with E-state index in [1.807, 2.05) is 43.4 Å². The molecule has 0 aliphatic carbocycles. The lowest BCUT2D eigenvalue weighted by molar-refractivity contribution is 0.683. The third-order valence-corrected chi connectivity index (χ3v) is 4.98. The molecule has 1 heterocycles. The van der Waals surface area contributed by atoms with E-state index in [4.69, 9.17) is 23.2 Å². The Morgan fingerprint density at radius 2 is 2.12 bits per heavy atom. The number of halogens is 2. The van der Waals surface area contributed by atoms with Crippen LogP contribution in [-0.2, 0) is 6.54 Å². The highest BCUT2D eigenvalue weighted by atomic mass is 35.5. The molecule has 8 heteroatoms. The van der Waals surface area contributed by atoms with Crippen LogP contribution in [0.25, 0.3) is 0 Å². The van der Waals surface area contributed by atoms with Crippen molar-refractivity contribution in [1.82, 2.24) is 15.6 Å². The van der Waals surface area contributed by atoms with E-state index < -0.39 is 0 Å². The number of aromatic nitrogens is 1. The van der Waals surface area contributed by atoms with Gasteiger partial charge in [0, 0.05) is 36.6 Å². The van der Waals surface area contributed by atoms with Gasteiger partial charge in [0.25, 0.3) is 0 Å². The minimum atomic E-state index is -0.00580. The highest BCUT2D eigenvalue weighted by Crippen LogP contribution is 2.26. The highest BCUT2D eigenvalue weighted by Gasteiger charge is 2.12. The first kappa shape index (κ1) is 18.8. The lowest BCUT2D eigenvalue weighted by atomic mass is 10.1. The molecule has 0 saturated carbocycles. The number of anilines is 1. The van der Waals surface area contributed by atoms with E-state index in [1.54, 1.807) is 24.5 Å². The van der Waals surface area contributed by atoms with E-state index in [2.05, 4.69) is 20.6 Å². The SMILES string of the molecule is CN=C(NCc1csc(N(C)C)n1)NC(C)c1ccc(Cl)cc1Cl. The van der Waals surface area contributed by atoms with Crippen LogP contribution in [0.15, 0.2) is 28.6 Å². The molecule has 0 saturated heterocycles. The quantitative estimate of drug-likeness (QED) is 0.604. The van der Waals surface area contributed by atoms with Gasteiger partial charge in [-0.05, 0) is 24.6 Å². The predicted molar refractivity (Wildman–Crippen MR) is 105 cm³/mol. The van der Waals surface area contributed by atoms with Crippen LogP contribution in [0, 0.1) is 0 Å². The van der Waals surface area contributed by atoms with E-state index in [0.717, 1.165) is 16.4 Å². The minimum Gasteiger partial charge on any atom is -0.354 e. The number of benzene rings is 1. The third kappa shape index (κ3) is 5.00. The van der Waals surface area contributed by atoms with Gasteiger partial charge in [0.1, 0.15) is 0 Å². The predicted octanol–water partition coefficient (Wildman–Crippen LogP) is 3.94. The smallest absolute Gasteiger partial charge is 0.191 e. The number of nitrogens with one attached hydrogen (secondary N) is 2. The van der Waals surface area contributed by atoms with E-state index >= 15 is 0 Å². The molecule has 0 aliphatic rings. The molecule has 1 atom stereocenters. The lowest BCUT2D eigenvalue weighted by Gasteiger charge is -2.19. The summed E-state index contributed by atoms with van der Waals surface area (Å²) < 4.78 is 0. The Balaban J connectivity index is 1.96. The van der Waals surface area contributed by atoms with Crippen molar-refractivity contribution in [3.63, 3.8) is 0 Å². The van der Waals surface area contributed by atoms with Crippen molar-refractivity contribution in [2.45, 2.75) is 19.5 Å². The molecule has 24 heavy (non-hydrogen) atoms. The van der Waals surface area contributed by atoms with Gasteiger partial charge in [-0.1, -0.05) is 29.3 Å². The molecule has 2 aromatic rings. The summed E-state index contributed by atoms with van der Waals surface area (Å²) in [6.07, 6.45) is 0. The Labute approximate surface area is 156 Å². The summed E-state index contributed by atoms with van der Waals surface area (Å²) in [6, 6.07) is 5.48. The maximum Gasteiger partial charge on any atom is 0.191 e. The number of hydrogen-bond donors (Lipinski definition) is 2. The second-order valence-corrected chi connectivity index (χ2v) is 7.15. The lowest BCUT2D eigenvalue weighted by Crippen LogP contribution is -2.38. The van der Waals surface area contributed by atoms with Crippen LogP contribution in [0.2, 0.25) is 10.0 Å². The maximum absolute atomic E-state index is 6.26. The van der Waals surface area contributed by atoms with Crippen molar-refractivity contribution < 1.29 is 0 Å². The van der Waals surface area contributed by atoms with Gasteiger partial charge in [0.15, 0.2) is 11.1 Å². The molecule has 0 fully saturated rings. The van der Waals surface area contributed by atoms with Crippen molar-refractivity contribution in [1.29, 1.82) is 0 Å². The average Bonchev–Trinajstić information content (AvgIpc) is 3.00. The maximum atomic E-state index is 6.26. The van der Waals surface area contributed by atoms with E-state index in [1.165, 1.54) is 0 Å². The fourth-order valence-electron chi connectivity index (χ4n) is 2.09. The fourth-order valence-corrected chi connectivity index (χ4v) is 3.42. The van der Waals surface area contributed by atoms with Crippen molar-refractivity contribution in [2.24, 2.45) is 4.99 Å². The zero-order valence-corrected chi connectivity index (χ0v) is 16.4. The Bertz CT molecular complexity index is 714. The fraction of sp³-hybridized carbons (Fsp3) is 0.375. The topological polar surface area (TPSA) is 52.6 Å². The zero-order chi connectivity index (χ0) is 17.7. The van der Waals surface area contributed by atoms with Gasteiger partial charge in [0.05, 0.1) is 18.3 Å². The van der Waals surface area contributed by atoms with Gasteiger partial charge >= 0.3 is 0 Å². The van der Waals surface area contributed by atoms with E-state index in [-0.39, 0.29) is 6.04 Å². The standard InChI is InChI=1S/C16H21Cl2N5S/c1-10(13-6-5-11(17)7-14(13)18)21-15(19-2)20-8-12-9-24-16(22-12)23(3)4/h5-7,9-10H,8H2,1-4H3,(H2,19,20,21). The molecule has 0 spiro atoms. The van der Waals surface area contributed by atoms with Crippen molar-refractivity contribution >= 4 is 45.6 Å². The van der Waals surface area contributed by atoms with Gasteiger partial charge in [-0.3, -0.25) is 4.99 Å². The number of aliphatic imine (C=N–C) groups is 1. The third-order valence-electron chi connectivity index (χ3n) is 3.36. The van der Waals surface area contributed by atoms with Crippen LogP contribution in [-0.4, -0.2) is 32.1 Å². The Kier molecular flexibility index (Phi) is 6.71. The first-order valence-corrected chi connectivity index (χ1v) is 9.08. The molecule has 2 rings (SSSR count). The number of thiazole rings is 1. The summed E-state index contributed by atoms with van der Waals surface area (Å²) in [7, 11) is 5.69. The Hall–Kier alpha value is -1.50. The van der Waals surface area contributed by atoms with Crippen LogP contribution < -0.4 is 15.5 Å². The summed E-state index contributed by atoms with van der Waals surface area (Å²) in [5.74, 6) is 0.688. The number of hydrogen-bond acceptors (Lipinski definition) is 4. The van der Waals surface area contributed by atoms with Crippen molar-refractivity contribution in [3.8, 4) is 0 Å². The number of rotatable bonds is 5. The van der Waals surface area contributed by atoms with Crippen LogP contribution in [0.5, 0.6) is 0 Å². The van der Waals surface area contributed by atoms with Crippen molar-refractivity contribution in [3.05, 3.63) is 44.9 Å². The molecule has 1 unspecified atom stereocenters. The van der Waals surface area contributed by atoms with E-state index in [9.17, 15) is 0 Å². The molecule has 0 radical (unpaired) electrons. The van der Waals surface area contributed by atoms with Gasteiger partial charge in [-0.2, -0.15) is 0 Å². The van der Waals surface area contributed by atoms with Crippen LogP contribution in [0.1, 0.15) is 24.2 Å². The number of nitrogens with zero attached hydrogens (tertiary/aromatic N) is 3. The van der Waals surface area contributed by atoms with Gasteiger partial charge in [0.2, 0.25) is 0 Å². The molecule has 5 nitrogen and oxygen atoms in total. The van der Waals surface area contributed by atoms with Crippen LogP contribution >= 0.6 is 34.5 Å². The first-order valence-electron chi connectivity index (χ1n) is 7.44. The molecule has 2 N–H and O–H groups in total. The highest BCUT2D eigenvalue weighted by molar-refractivity contribution is 7.13. The normalized spacial score (nSPS) is 12.8. The summed E-state index contributed by atoms with van der Waals surface area (Å²) in [4.78, 5) is 10.8. The van der Waals surface area contributed by atoms with Gasteiger partial charge in [-0.15, -0.1) is 11.3 Å². The molecule has 1 aromatic heterocycles. The Morgan fingerprint density at radius 3 is 2.71 bits per heavy atom. The van der Waals surface area contributed by atoms with Crippen molar-refractivity contribution in [2.75, 3.05) is 26.0 Å². The van der Waals surface area contributed by atoms with Crippen LogP contribution in [0.4, 0.5) is 5.13 Å². The number of guanidine groups is 1. The molecule has 130 valence electrons. The second-order valence-electron chi connectivity index (χ2n) is 5.47. The molecule has 0 aliphatic heterocycles. The summed E-state index contributed by atoms with van der Waals surface area (Å²) >= 11 is 13.8. The molecular formula is C16H21Cl2N5S. The average molecular weight is 386 g/mol. The molecule has 0 bridgehead atoms. The summed E-state index contributed by atoms with van der Waals surface area (Å²) in [5.41, 5.74) is 1.94. The second kappa shape index (κ2) is 8.55. The van der Waals surface area contributed by atoms with Crippen LogP contribution in [0.3, 0.4) is 0 Å². The molecule has 0 amide bonds. The minimum absolute atomic E-state index is 0.00580. The largest absolute Gasteiger partial charge is 0.354 e. The zero-order valence-electron chi connectivity index (χ0n) is 14.1.